The van der Waals surface area contributed by atoms with Crippen molar-refractivity contribution in [2.75, 3.05) is 25.9 Å². The van der Waals surface area contributed by atoms with E-state index in [2.05, 4.69) is 42.0 Å². The minimum absolute atomic E-state index is 0.0990. The zero-order valence-corrected chi connectivity index (χ0v) is 23.7. The molecule has 4 N–H and O–H groups in total. The van der Waals surface area contributed by atoms with Gasteiger partial charge in [-0.05, 0) is 75.8 Å². The minimum Gasteiger partial charge on any atom is -0.372 e. The molecule has 202 valence electrons. The molecule has 0 bridgehead atoms. The molecule has 2 heterocycles. The van der Waals surface area contributed by atoms with Crippen molar-refractivity contribution >= 4 is 30.0 Å². The Bertz CT molecular complexity index is 665. The first-order valence-corrected chi connectivity index (χ1v) is 14.1. The Labute approximate surface area is 218 Å². The van der Waals surface area contributed by atoms with Gasteiger partial charge in [-0.25, -0.2) is 0 Å². The molecule has 0 radical (unpaired) electrons. The number of primary amides is 1. The summed E-state index contributed by atoms with van der Waals surface area (Å²) in [6.07, 6.45) is 14.6. The van der Waals surface area contributed by atoms with E-state index < -0.39 is 0 Å². The topological polar surface area (TPSA) is 105 Å². The van der Waals surface area contributed by atoms with E-state index >= 15 is 0 Å². The van der Waals surface area contributed by atoms with Crippen LogP contribution in [0, 0.1) is 0 Å². The van der Waals surface area contributed by atoms with Crippen LogP contribution in [-0.4, -0.2) is 60.4 Å². The molecule has 1 aliphatic carbocycles. The maximum Gasteiger partial charge on any atom is 0.246 e. The molecule has 3 rings (SSSR count). The van der Waals surface area contributed by atoms with Crippen molar-refractivity contribution in [1.82, 2.24) is 15.5 Å². The normalized spacial score (nSPS) is 22.8. The van der Waals surface area contributed by atoms with Crippen LogP contribution in [0.4, 0.5) is 0 Å². The third-order valence-electron chi connectivity index (χ3n) is 5.39. The Kier molecular flexibility index (Phi) is 23.7. The molecule has 3 fully saturated rings. The predicted molar refractivity (Wildman–Crippen MR) is 151 cm³/mol. The van der Waals surface area contributed by atoms with Crippen molar-refractivity contribution < 1.29 is 14.4 Å². The molecule has 3 aliphatic rings. The number of allylic oxidation sites excluding steroid dienone is 5. The molecule has 8 heteroatoms. The van der Waals surface area contributed by atoms with Gasteiger partial charge < -0.3 is 21.3 Å². The van der Waals surface area contributed by atoms with Crippen LogP contribution in [0.5, 0.6) is 0 Å². The number of fused-ring (bicyclic) bond motifs is 1. The second-order valence-corrected chi connectivity index (χ2v) is 8.81. The van der Waals surface area contributed by atoms with Gasteiger partial charge in [-0.3, -0.25) is 14.4 Å². The van der Waals surface area contributed by atoms with Gasteiger partial charge in [0, 0.05) is 6.54 Å². The highest BCUT2D eigenvalue weighted by Gasteiger charge is 2.36. The van der Waals surface area contributed by atoms with Gasteiger partial charge in [0.05, 0.1) is 11.9 Å². The van der Waals surface area contributed by atoms with Crippen LogP contribution in [0.2, 0.25) is 0 Å². The Morgan fingerprint density at radius 2 is 1.74 bits per heavy atom. The molecule has 3 amide bonds. The molecule has 2 aliphatic heterocycles. The number of hydrogen-bond donors (Lipinski definition) is 3. The SMILES string of the molecule is C=C/C=C1/CCCC/C1=C/C.CC.CC.CNCC(=O)NC1CCSC2CCCN2C1=O.NC=O. The van der Waals surface area contributed by atoms with Crippen LogP contribution in [0.25, 0.3) is 0 Å². The lowest BCUT2D eigenvalue weighted by Crippen LogP contribution is -2.49. The first-order valence-electron chi connectivity index (χ1n) is 13.0. The van der Waals surface area contributed by atoms with Crippen LogP contribution >= 0.6 is 11.8 Å². The number of nitrogens with two attached hydrogens (primary N) is 1. The molecule has 0 spiro atoms. The van der Waals surface area contributed by atoms with Gasteiger partial charge in [-0.2, -0.15) is 0 Å². The van der Waals surface area contributed by atoms with Crippen LogP contribution in [0.1, 0.15) is 79.6 Å². The first kappa shape index (κ1) is 35.1. The lowest BCUT2D eigenvalue weighted by molar-refractivity contribution is -0.135. The number of carbonyl (C=O) groups excluding carboxylic acids is 3. The molecule has 0 aromatic rings. The number of amides is 3. The first-order chi connectivity index (χ1) is 17.0. The second-order valence-electron chi connectivity index (χ2n) is 7.52. The largest absolute Gasteiger partial charge is 0.372 e. The molecule has 35 heavy (non-hydrogen) atoms. The van der Waals surface area contributed by atoms with E-state index in [1.54, 1.807) is 7.05 Å². The van der Waals surface area contributed by atoms with Gasteiger partial charge in [0.25, 0.3) is 0 Å². The molecule has 0 aromatic heterocycles. The fourth-order valence-corrected chi connectivity index (χ4v) is 5.33. The third-order valence-corrected chi connectivity index (χ3v) is 6.74. The van der Waals surface area contributed by atoms with Crippen molar-refractivity contribution in [3.05, 3.63) is 36.0 Å². The summed E-state index contributed by atoms with van der Waals surface area (Å²) in [6, 6.07) is -0.327. The third kappa shape index (κ3) is 14.2. The zero-order chi connectivity index (χ0) is 27.1. The Balaban J connectivity index is 0. The number of nitrogens with zero attached hydrogens (tertiary/aromatic N) is 1. The summed E-state index contributed by atoms with van der Waals surface area (Å²) in [5.41, 5.74) is 7.19. The number of hydrogen-bond acceptors (Lipinski definition) is 5. The molecule has 0 aromatic carbocycles. The van der Waals surface area contributed by atoms with Crippen molar-refractivity contribution in [2.45, 2.75) is 91.0 Å². The van der Waals surface area contributed by atoms with Gasteiger partial charge in [-0.1, -0.05) is 52.5 Å². The number of rotatable bonds is 4. The van der Waals surface area contributed by atoms with Gasteiger partial charge in [0.2, 0.25) is 18.2 Å². The van der Waals surface area contributed by atoms with Gasteiger partial charge in [0.1, 0.15) is 6.04 Å². The molecule has 2 unspecified atom stereocenters. The van der Waals surface area contributed by atoms with Gasteiger partial charge in [0.15, 0.2) is 0 Å². The van der Waals surface area contributed by atoms with E-state index in [0.29, 0.717) is 5.37 Å². The summed E-state index contributed by atoms with van der Waals surface area (Å²) in [4.78, 5) is 34.3. The number of thioether (sulfide) groups is 1. The number of likely N-dealkylation sites (N-methyl/N-ethyl adjacent to an activating group) is 1. The Morgan fingerprint density at radius 3 is 2.29 bits per heavy atom. The summed E-state index contributed by atoms with van der Waals surface area (Å²) >= 11 is 1.84. The highest BCUT2D eigenvalue weighted by Crippen LogP contribution is 2.31. The zero-order valence-electron chi connectivity index (χ0n) is 22.9. The average molecular weight is 511 g/mol. The minimum atomic E-state index is -0.327. The average Bonchev–Trinajstić information content (AvgIpc) is 3.30. The fraction of sp³-hybridized carbons (Fsp3) is 0.667. The predicted octanol–water partition coefficient (Wildman–Crippen LogP) is 4.55. The standard InChI is InChI=1S/C11H19N3O2S.C11H16.2C2H6.CH3NO/c1-12-7-9(15)13-8-4-6-17-10-3-2-5-14(10)11(8)16;1-3-7-11-9-6-5-8-10(11)4-2;2*1-2;2-1-3/h8,10,12H,2-7H2,1H3,(H,13,15);3-4,7H,1,5-6,8-9H2,2H3;2*1-2H3;1H,(H2,2,3)/b;10-4-,11-7-;;;. The van der Waals surface area contributed by atoms with E-state index in [4.69, 9.17) is 4.79 Å². The summed E-state index contributed by atoms with van der Waals surface area (Å²) < 4.78 is 0. The van der Waals surface area contributed by atoms with E-state index in [9.17, 15) is 9.59 Å². The summed E-state index contributed by atoms with van der Waals surface area (Å²) in [6.45, 7) is 14.9. The second kappa shape index (κ2) is 23.7. The van der Waals surface area contributed by atoms with E-state index in [0.717, 1.165) is 31.6 Å². The highest BCUT2D eigenvalue weighted by atomic mass is 32.2. The van der Waals surface area contributed by atoms with Crippen LogP contribution < -0.4 is 16.4 Å². The van der Waals surface area contributed by atoms with Crippen LogP contribution in [-0.2, 0) is 14.4 Å². The fourth-order valence-electron chi connectivity index (χ4n) is 3.96. The van der Waals surface area contributed by atoms with E-state index in [-0.39, 0.29) is 30.8 Å². The van der Waals surface area contributed by atoms with Crippen molar-refractivity contribution in [3.63, 3.8) is 0 Å². The lowest BCUT2D eigenvalue weighted by Gasteiger charge is -2.24. The molecule has 2 saturated heterocycles. The number of nitrogens with one attached hydrogen (secondary N) is 2. The maximum absolute atomic E-state index is 12.2. The smallest absolute Gasteiger partial charge is 0.246 e. The molecular formula is C27H50N4O3S. The quantitative estimate of drug-likeness (QED) is 0.481. The van der Waals surface area contributed by atoms with E-state index in [1.165, 1.54) is 36.8 Å². The summed E-state index contributed by atoms with van der Waals surface area (Å²) in [7, 11) is 1.72. The lowest BCUT2D eigenvalue weighted by atomic mass is 9.89. The number of carbonyl (C=O) groups is 3. The Morgan fingerprint density at radius 1 is 1.14 bits per heavy atom. The summed E-state index contributed by atoms with van der Waals surface area (Å²) in [5.74, 6) is 0.938. The highest BCUT2D eigenvalue weighted by molar-refractivity contribution is 7.99. The van der Waals surface area contributed by atoms with Gasteiger partial charge >= 0.3 is 0 Å². The van der Waals surface area contributed by atoms with Crippen molar-refractivity contribution in [1.29, 1.82) is 0 Å². The molecule has 1 saturated carbocycles. The molecular weight excluding hydrogens is 460 g/mol. The summed E-state index contributed by atoms with van der Waals surface area (Å²) in [5, 5.41) is 5.95. The molecule has 2 atom stereocenters. The van der Waals surface area contributed by atoms with Crippen LogP contribution in [0.15, 0.2) is 36.0 Å². The van der Waals surface area contributed by atoms with Gasteiger partial charge in [-0.15, -0.1) is 11.8 Å². The maximum atomic E-state index is 12.2. The molecule has 7 nitrogen and oxygen atoms in total. The van der Waals surface area contributed by atoms with Crippen LogP contribution in [0.3, 0.4) is 0 Å². The monoisotopic (exact) mass is 510 g/mol. The van der Waals surface area contributed by atoms with Crippen molar-refractivity contribution in [2.24, 2.45) is 5.73 Å². The Hall–Kier alpha value is -2.06. The van der Waals surface area contributed by atoms with Crippen molar-refractivity contribution in [3.8, 4) is 0 Å². The van der Waals surface area contributed by atoms with E-state index in [1.807, 2.05) is 50.4 Å².